The normalized spacial score (nSPS) is 14.0. The fraction of sp³-hybridized carbons (Fsp3) is 0.231. The zero-order valence-electron chi connectivity index (χ0n) is 11.3. The molecule has 10 heteroatoms. The summed E-state index contributed by atoms with van der Waals surface area (Å²) in [4.78, 5) is 0. The third kappa shape index (κ3) is 4.77. The molecule has 2 aromatic rings. The summed E-state index contributed by atoms with van der Waals surface area (Å²) in [5, 5.41) is 9.92. The van der Waals surface area contributed by atoms with E-state index < -0.39 is 27.9 Å². The molecule has 0 aliphatic heterocycles. The summed E-state index contributed by atoms with van der Waals surface area (Å²) in [6.45, 7) is -0.344. The van der Waals surface area contributed by atoms with E-state index in [1.54, 1.807) is 6.07 Å². The summed E-state index contributed by atoms with van der Waals surface area (Å²) in [5.74, 6) is 0. The number of sulfonamides is 1. The summed E-state index contributed by atoms with van der Waals surface area (Å²) in [6, 6.07) is 6.88. The maximum atomic E-state index is 12.5. The van der Waals surface area contributed by atoms with Crippen molar-refractivity contribution in [3.8, 4) is 0 Å². The molecule has 0 amide bonds. The molecular formula is C13H11BrF3NO3S2. The van der Waals surface area contributed by atoms with Crippen molar-refractivity contribution in [1.29, 1.82) is 0 Å². The number of benzene rings is 1. The highest BCUT2D eigenvalue weighted by Gasteiger charge is 2.30. The number of hydrogen-bond acceptors (Lipinski definition) is 4. The van der Waals surface area contributed by atoms with Crippen molar-refractivity contribution in [2.24, 2.45) is 0 Å². The van der Waals surface area contributed by atoms with Gasteiger partial charge in [-0.25, -0.2) is 13.1 Å². The summed E-state index contributed by atoms with van der Waals surface area (Å²) in [7, 11) is -3.78. The predicted molar refractivity (Wildman–Crippen MR) is 83.6 cm³/mol. The molecule has 1 heterocycles. The van der Waals surface area contributed by atoms with Gasteiger partial charge in [0.15, 0.2) is 0 Å². The average molecular weight is 430 g/mol. The minimum Gasteiger partial charge on any atom is -0.387 e. The van der Waals surface area contributed by atoms with Gasteiger partial charge in [-0.05, 0) is 45.8 Å². The van der Waals surface area contributed by atoms with Crippen molar-refractivity contribution in [3.63, 3.8) is 0 Å². The van der Waals surface area contributed by atoms with Crippen LogP contribution in [0.4, 0.5) is 13.2 Å². The fourth-order valence-electron chi connectivity index (χ4n) is 1.71. The molecular weight excluding hydrogens is 419 g/mol. The molecule has 0 saturated carbocycles. The summed E-state index contributed by atoms with van der Waals surface area (Å²) < 4.78 is 64.3. The maximum Gasteiger partial charge on any atom is 0.416 e. The Kier molecular flexibility index (Phi) is 5.52. The first-order valence-electron chi connectivity index (χ1n) is 6.20. The van der Waals surface area contributed by atoms with Gasteiger partial charge in [-0.1, -0.05) is 12.1 Å². The number of hydrogen-bond donors (Lipinski definition) is 2. The van der Waals surface area contributed by atoms with Gasteiger partial charge < -0.3 is 5.11 Å². The quantitative estimate of drug-likeness (QED) is 0.763. The third-order valence-corrected chi connectivity index (χ3v) is 6.44. The smallest absolute Gasteiger partial charge is 0.387 e. The monoisotopic (exact) mass is 429 g/mol. The average Bonchev–Trinajstić information content (AvgIpc) is 2.91. The highest BCUT2D eigenvalue weighted by Crippen LogP contribution is 2.30. The lowest BCUT2D eigenvalue weighted by Crippen LogP contribution is -2.28. The molecule has 0 aliphatic carbocycles. The SMILES string of the molecule is O=S(=O)(NC[C@H](O)c1ccc(C(F)(F)F)cc1)c1ccc(Br)s1. The number of halogens is 4. The van der Waals surface area contributed by atoms with Crippen molar-refractivity contribution < 1.29 is 26.7 Å². The van der Waals surface area contributed by atoms with Crippen LogP contribution in [0, 0.1) is 0 Å². The molecule has 126 valence electrons. The lowest BCUT2D eigenvalue weighted by Gasteiger charge is -2.13. The molecule has 0 saturated heterocycles. The van der Waals surface area contributed by atoms with Crippen LogP contribution in [0.1, 0.15) is 17.2 Å². The zero-order chi connectivity index (χ0) is 17.3. The summed E-state index contributed by atoms with van der Waals surface area (Å²) in [5.41, 5.74) is -0.648. The number of aliphatic hydroxyl groups is 1. The Morgan fingerprint density at radius 2 is 1.78 bits per heavy atom. The van der Waals surface area contributed by atoms with Gasteiger partial charge in [0.05, 0.1) is 15.5 Å². The molecule has 0 fully saturated rings. The van der Waals surface area contributed by atoms with Crippen LogP contribution in [-0.2, 0) is 16.2 Å². The van der Waals surface area contributed by atoms with Crippen LogP contribution in [0.15, 0.2) is 44.4 Å². The van der Waals surface area contributed by atoms with Gasteiger partial charge in [-0.3, -0.25) is 0 Å². The van der Waals surface area contributed by atoms with Crippen LogP contribution in [0.25, 0.3) is 0 Å². The Balaban J connectivity index is 2.03. The van der Waals surface area contributed by atoms with Crippen molar-refractivity contribution >= 4 is 37.3 Å². The van der Waals surface area contributed by atoms with Gasteiger partial charge in [0.25, 0.3) is 0 Å². The second-order valence-corrected chi connectivity index (χ2v) is 9.00. The first-order chi connectivity index (χ1) is 10.6. The molecule has 0 spiro atoms. The first kappa shape index (κ1) is 18.4. The van der Waals surface area contributed by atoms with Crippen molar-refractivity contribution in [1.82, 2.24) is 4.72 Å². The number of thiophene rings is 1. The van der Waals surface area contributed by atoms with Crippen LogP contribution in [0.2, 0.25) is 0 Å². The number of nitrogens with one attached hydrogen (secondary N) is 1. The minimum atomic E-state index is -4.46. The first-order valence-corrected chi connectivity index (χ1v) is 9.29. The fourth-order valence-corrected chi connectivity index (χ4v) is 4.81. The van der Waals surface area contributed by atoms with Crippen LogP contribution in [0.3, 0.4) is 0 Å². The molecule has 1 aromatic carbocycles. The lowest BCUT2D eigenvalue weighted by molar-refractivity contribution is -0.137. The van der Waals surface area contributed by atoms with Gasteiger partial charge in [0.2, 0.25) is 10.0 Å². The molecule has 2 rings (SSSR count). The van der Waals surface area contributed by atoms with Crippen LogP contribution in [-0.4, -0.2) is 20.1 Å². The zero-order valence-corrected chi connectivity index (χ0v) is 14.6. The Bertz CT molecular complexity index is 773. The highest BCUT2D eigenvalue weighted by atomic mass is 79.9. The summed E-state index contributed by atoms with van der Waals surface area (Å²) in [6.07, 6.45) is -5.71. The van der Waals surface area contributed by atoms with Gasteiger partial charge >= 0.3 is 6.18 Å². The van der Waals surface area contributed by atoms with Crippen LogP contribution in [0.5, 0.6) is 0 Å². The molecule has 0 aliphatic rings. The van der Waals surface area contributed by atoms with Gasteiger partial charge in [-0.15, -0.1) is 11.3 Å². The molecule has 2 N–H and O–H groups in total. The molecule has 0 bridgehead atoms. The second-order valence-electron chi connectivity index (χ2n) is 4.55. The van der Waals surface area contributed by atoms with Crippen LogP contribution >= 0.6 is 27.3 Å². The number of alkyl halides is 3. The largest absolute Gasteiger partial charge is 0.416 e. The minimum absolute atomic E-state index is 0.0731. The summed E-state index contributed by atoms with van der Waals surface area (Å²) >= 11 is 4.16. The maximum absolute atomic E-state index is 12.5. The van der Waals surface area contributed by atoms with E-state index in [1.807, 2.05) is 0 Å². The van der Waals surface area contributed by atoms with Gasteiger partial charge in [0.1, 0.15) is 4.21 Å². The highest BCUT2D eigenvalue weighted by molar-refractivity contribution is 9.11. The Labute approximate surface area is 143 Å². The Morgan fingerprint density at radius 1 is 1.17 bits per heavy atom. The number of aliphatic hydroxyl groups excluding tert-OH is 1. The third-order valence-electron chi connectivity index (χ3n) is 2.90. The van der Waals surface area contributed by atoms with E-state index in [9.17, 15) is 26.7 Å². The van der Waals surface area contributed by atoms with E-state index in [1.165, 1.54) is 6.07 Å². The van der Waals surface area contributed by atoms with E-state index in [0.717, 1.165) is 35.6 Å². The molecule has 4 nitrogen and oxygen atoms in total. The Hall–Kier alpha value is -0.940. The van der Waals surface area contributed by atoms with Crippen molar-refractivity contribution in [3.05, 3.63) is 51.3 Å². The topological polar surface area (TPSA) is 66.4 Å². The lowest BCUT2D eigenvalue weighted by atomic mass is 10.1. The van der Waals surface area contributed by atoms with E-state index >= 15 is 0 Å². The molecule has 0 radical (unpaired) electrons. The van der Waals surface area contributed by atoms with Crippen molar-refractivity contribution in [2.45, 2.75) is 16.5 Å². The van der Waals surface area contributed by atoms with Gasteiger partial charge in [-0.2, -0.15) is 13.2 Å². The van der Waals surface area contributed by atoms with Crippen LogP contribution < -0.4 is 4.72 Å². The molecule has 1 aromatic heterocycles. The Morgan fingerprint density at radius 3 is 2.26 bits per heavy atom. The van der Waals surface area contributed by atoms with Gasteiger partial charge in [0, 0.05) is 6.54 Å². The molecule has 23 heavy (non-hydrogen) atoms. The molecule has 1 atom stereocenters. The standard InChI is InChI=1S/C13H11BrF3NO3S2/c14-11-5-6-12(22-11)23(20,21)18-7-10(19)8-1-3-9(4-2-8)13(15,16)17/h1-6,10,18-19H,7H2/t10-/m0/s1. The second kappa shape index (κ2) is 6.89. The van der Waals surface area contributed by atoms with E-state index in [2.05, 4.69) is 20.7 Å². The molecule has 0 unspecified atom stereocenters. The van der Waals surface area contributed by atoms with Crippen molar-refractivity contribution in [2.75, 3.05) is 6.54 Å². The van der Waals surface area contributed by atoms with E-state index in [0.29, 0.717) is 3.79 Å². The van der Waals surface area contributed by atoms with E-state index in [4.69, 9.17) is 0 Å². The predicted octanol–water partition coefficient (Wildman–Crippen LogP) is 3.54. The number of rotatable bonds is 5. The van der Waals surface area contributed by atoms with E-state index in [-0.39, 0.29) is 16.3 Å².